The van der Waals surface area contributed by atoms with E-state index >= 15 is 0 Å². The van der Waals surface area contributed by atoms with Crippen LogP contribution in [0.25, 0.3) is 0 Å². The second-order valence-corrected chi connectivity index (χ2v) is 8.48. The van der Waals surface area contributed by atoms with Gasteiger partial charge in [0.15, 0.2) is 0 Å². The highest BCUT2D eigenvalue weighted by Gasteiger charge is 2.37. The van der Waals surface area contributed by atoms with E-state index in [0.29, 0.717) is 10.8 Å². The lowest BCUT2D eigenvalue weighted by molar-refractivity contribution is 0.157. The molecule has 2 fully saturated rings. The Balaban J connectivity index is 1.92. The van der Waals surface area contributed by atoms with Gasteiger partial charge in [-0.2, -0.15) is 12.6 Å². The van der Waals surface area contributed by atoms with E-state index in [2.05, 4.69) is 25.7 Å². The standard InChI is InChI=1S/C17H33NS/c1-16(2,3)15-8-11-18(12-15)13-17(14-19)9-6-4-5-7-10-17/h15,19H,4-14H2,1-3H3. The Morgan fingerprint density at radius 1 is 1.11 bits per heavy atom. The molecule has 112 valence electrons. The Hall–Kier alpha value is 0.310. The highest BCUT2D eigenvalue weighted by molar-refractivity contribution is 7.80. The van der Waals surface area contributed by atoms with Crippen molar-refractivity contribution in [3.8, 4) is 0 Å². The van der Waals surface area contributed by atoms with Crippen LogP contribution in [0.1, 0.15) is 65.7 Å². The number of hydrogen-bond donors (Lipinski definition) is 1. The minimum absolute atomic E-state index is 0.479. The first-order valence-electron chi connectivity index (χ1n) is 8.28. The average Bonchev–Trinajstić information content (AvgIpc) is 2.69. The molecule has 0 aromatic carbocycles. The molecule has 2 rings (SSSR count). The zero-order valence-corrected chi connectivity index (χ0v) is 14.1. The summed E-state index contributed by atoms with van der Waals surface area (Å²) in [6.45, 7) is 11.2. The van der Waals surface area contributed by atoms with E-state index in [1.165, 1.54) is 64.6 Å². The van der Waals surface area contributed by atoms with Crippen molar-refractivity contribution in [3.05, 3.63) is 0 Å². The van der Waals surface area contributed by atoms with Gasteiger partial charge in [0.2, 0.25) is 0 Å². The molecule has 2 aliphatic rings. The smallest absolute Gasteiger partial charge is 0.00459 e. The van der Waals surface area contributed by atoms with E-state index in [0.717, 1.165) is 11.7 Å². The fourth-order valence-corrected chi connectivity index (χ4v) is 4.42. The van der Waals surface area contributed by atoms with Gasteiger partial charge in [-0.3, -0.25) is 0 Å². The summed E-state index contributed by atoms with van der Waals surface area (Å²) in [5.74, 6) is 1.97. The molecular weight excluding hydrogens is 250 g/mol. The van der Waals surface area contributed by atoms with Crippen molar-refractivity contribution < 1.29 is 0 Å². The van der Waals surface area contributed by atoms with Crippen LogP contribution in [0.2, 0.25) is 0 Å². The summed E-state index contributed by atoms with van der Waals surface area (Å²) < 4.78 is 0. The molecule has 0 aromatic heterocycles. The largest absolute Gasteiger partial charge is 0.302 e. The van der Waals surface area contributed by atoms with Gasteiger partial charge in [0.1, 0.15) is 0 Å². The second kappa shape index (κ2) is 6.39. The molecule has 1 aliphatic carbocycles. The lowest BCUT2D eigenvalue weighted by Gasteiger charge is -2.36. The Morgan fingerprint density at radius 2 is 1.74 bits per heavy atom. The number of hydrogen-bond acceptors (Lipinski definition) is 2. The molecule has 0 radical (unpaired) electrons. The van der Waals surface area contributed by atoms with Crippen molar-refractivity contribution in [2.24, 2.45) is 16.7 Å². The molecule has 0 aromatic rings. The Labute approximate surface area is 125 Å². The van der Waals surface area contributed by atoms with Crippen molar-refractivity contribution in [3.63, 3.8) is 0 Å². The SMILES string of the molecule is CC(C)(C)C1CCN(CC2(CS)CCCCCC2)C1. The fraction of sp³-hybridized carbons (Fsp3) is 1.00. The minimum atomic E-state index is 0.479. The monoisotopic (exact) mass is 283 g/mol. The van der Waals surface area contributed by atoms with Crippen molar-refractivity contribution in [2.45, 2.75) is 65.7 Å². The van der Waals surface area contributed by atoms with Crippen LogP contribution in [0.3, 0.4) is 0 Å². The molecule has 2 heteroatoms. The van der Waals surface area contributed by atoms with Gasteiger partial charge >= 0.3 is 0 Å². The summed E-state index contributed by atoms with van der Waals surface area (Å²) in [6.07, 6.45) is 9.96. The van der Waals surface area contributed by atoms with Crippen LogP contribution in [-0.2, 0) is 0 Å². The van der Waals surface area contributed by atoms with Crippen LogP contribution in [0.5, 0.6) is 0 Å². The van der Waals surface area contributed by atoms with Crippen LogP contribution in [0.15, 0.2) is 0 Å². The van der Waals surface area contributed by atoms with Crippen molar-refractivity contribution in [1.29, 1.82) is 0 Å². The van der Waals surface area contributed by atoms with Gasteiger partial charge in [-0.25, -0.2) is 0 Å². The first-order valence-corrected chi connectivity index (χ1v) is 8.92. The Bertz CT molecular complexity index is 273. The predicted octanol–water partition coefficient (Wildman–Crippen LogP) is 4.62. The van der Waals surface area contributed by atoms with Gasteiger partial charge in [0.25, 0.3) is 0 Å². The molecular formula is C17H33NS. The first kappa shape index (κ1) is 15.7. The number of likely N-dealkylation sites (tertiary alicyclic amines) is 1. The highest BCUT2D eigenvalue weighted by Crippen LogP contribution is 2.40. The topological polar surface area (TPSA) is 3.24 Å². The molecule has 1 heterocycles. The maximum absolute atomic E-state index is 4.72. The molecule has 0 amide bonds. The summed E-state index contributed by atoms with van der Waals surface area (Å²) in [7, 11) is 0. The van der Waals surface area contributed by atoms with E-state index in [-0.39, 0.29) is 0 Å². The van der Waals surface area contributed by atoms with Crippen LogP contribution in [0.4, 0.5) is 0 Å². The second-order valence-electron chi connectivity index (χ2n) is 8.16. The molecule has 1 saturated carbocycles. The summed E-state index contributed by atoms with van der Waals surface area (Å²) in [5, 5.41) is 0. The summed E-state index contributed by atoms with van der Waals surface area (Å²) in [5.41, 5.74) is 0.999. The summed E-state index contributed by atoms with van der Waals surface area (Å²) in [4.78, 5) is 2.75. The first-order chi connectivity index (χ1) is 8.95. The van der Waals surface area contributed by atoms with Gasteiger partial charge in [0, 0.05) is 13.1 Å². The maximum Gasteiger partial charge on any atom is 0.00459 e. The molecule has 1 nitrogen and oxygen atoms in total. The predicted molar refractivity (Wildman–Crippen MR) is 88.0 cm³/mol. The quantitative estimate of drug-likeness (QED) is 0.584. The number of thiol groups is 1. The fourth-order valence-electron chi connectivity index (χ4n) is 4.00. The van der Waals surface area contributed by atoms with E-state index in [1.54, 1.807) is 0 Å². The Kier molecular flexibility index (Phi) is 5.28. The van der Waals surface area contributed by atoms with E-state index < -0.39 is 0 Å². The zero-order chi connectivity index (χ0) is 13.9. The maximum atomic E-state index is 4.72. The minimum Gasteiger partial charge on any atom is -0.302 e. The van der Waals surface area contributed by atoms with Gasteiger partial charge < -0.3 is 4.90 Å². The van der Waals surface area contributed by atoms with Gasteiger partial charge in [-0.15, -0.1) is 0 Å². The van der Waals surface area contributed by atoms with Gasteiger partial charge in [0.05, 0.1) is 0 Å². The summed E-state index contributed by atoms with van der Waals surface area (Å²) >= 11 is 4.72. The van der Waals surface area contributed by atoms with Crippen LogP contribution in [-0.4, -0.2) is 30.3 Å². The molecule has 1 atom stereocenters. The third kappa shape index (κ3) is 4.14. The third-order valence-corrected chi connectivity index (χ3v) is 6.23. The van der Waals surface area contributed by atoms with Crippen LogP contribution >= 0.6 is 12.6 Å². The number of rotatable bonds is 3. The van der Waals surface area contributed by atoms with Crippen LogP contribution in [0, 0.1) is 16.7 Å². The molecule has 1 unspecified atom stereocenters. The van der Waals surface area contributed by atoms with Crippen LogP contribution < -0.4 is 0 Å². The molecule has 0 N–H and O–H groups in total. The third-order valence-electron chi connectivity index (χ3n) is 5.56. The molecule has 1 aliphatic heterocycles. The lowest BCUT2D eigenvalue weighted by atomic mass is 9.80. The molecule has 1 saturated heterocycles. The van der Waals surface area contributed by atoms with Crippen molar-refractivity contribution in [2.75, 3.05) is 25.4 Å². The van der Waals surface area contributed by atoms with Gasteiger partial charge in [-0.1, -0.05) is 46.5 Å². The Morgan fingerprint density at radius 3 is 2.21 bits per heavy atom. The lowest BCUT2D eigenvalue weighted by Crippen LogP contribution is -2.38. The summed E-state index contributed by atoms with van der Waals surface area (Å²) in [6, 6.07) is 0. The molecule has 0 bridgehead atoms. The molecule has 19 heavy (non-hydrogen) atoms. The van der Waals surface area contributed by atoms with Crippen molar-refractivity contribution in [1.82, 2.24) is 4.90 Å². The highest BCUT2D eigenvalue weighted by atomic mass is 32.1. The van der Waals surface area contributed by atoms with E-state index in [1.807, 2.05) is 0 Å². The zero-order valence-electron chi connectivity index (χ0n) is 13.2. The average molecular weight is 284 g/mol. The number of nitrogens with zero attached hydrogens (tertiary/aromatic N) is 1. The molecule has 0 spiro atoms. The van der Waals surface area contributed by atoms with E-state index in [4.69, 9.17) is 12.6 Å². The normalized spacial score (nSPS) is 29.4. The van der Waals surface area contributed by atoms with E-state index in [9.17, 15) is 0 Å². The van der Waals surface area contributed by atoms with Gasteiger partial charge in [-0.05, 0) is 48.3 Å². The van der Waals surface area contributed by atoms with Crippen molar-refractivity contribution >= 4 is 12.6 Å².